The molecule has 0 atom stereocenters. The number of rotatable bonds is 4. The van der Waals surface area contributed by atoms with Crippen molar-refractivity contribution < 1.29 is 9.59 Å². The molecule has 0 rings (SSSR count). The zero-order valence-electron chi connectivity index (χ0n) is 8.22. The zero-order valence-corrected chi connectivity index (χ0v) is 9.03. The van der Waals surface area contributed by atoms with Crippen LogP contribution in [0.3, 0.4) is 0 Å². The van der Waals surface area contributed by atoms with E-state index in [0.29, 0.717) is 12.3 Å². The first kappa shape index (κ1) is 12.2. The fourth-order valence-corrected chi connectivity index (χ4v) is 1.38. The largest absolute Gasteiger partial charge is 0.356 e. The second-order valence-electron chi connectivity index (χ2n) is 2.87. The van der Waals surface area contributed by atoms with E-state index in [-0.39, 0.29) is 11.0 Å². The summed E-state index contributed by atoms with van der Waals surface area (Å²) in [7, 11) is 0. The Hall–Kier alpha value is -0.770. The molecule has 0 saturated heterocycles. The van der Waals surface area contributed by atoms with Crippen molar-refractivity contribution in [1.29, 1.82) is 0 Å². The topological polar surface area (TPSA) is 46.2 Å². The first-order valence-corrected chi connectivity index (χ1v) is 5.07. The van der Waals surface area contributed by atoms with Crippen LogP contribution in [0.2, 0.25) is 0 Å². The average Bonchev–Trinajstić information content (AvgIpc) is 1.96. The SMILES string of the molecule is CC(=O)NCCSC(=O)C=C(C)C. The van der Waals surface area contributed by atoms with Crippen LogP contribution in [0.5, 0.6) is 0 Å². The summed E-state index contributed by atoms with van der Waals surface area (Å²) in [6.07, 6.45) is 1.60. The Labute approximate surface area is 83.0 Å². The van der Waals surface area contributed by atoms with Crippen LogP contribution in [0.25, 0.3) is 0 Å². The molecule has 0 spiro atoms. The molecule has 0 heterocycles. The molecule has 13 heavy (non-hydrogen) atoms. The van der Waals surface area contributed by atoms with Crippen LogP contribution in [0.1, 0.15) is 20.8 Å². The van der Waals surface area contributed by atoms with Gasteiger partial charge in [0.25, 0.3) is 0 Å². The van der Waals surface area contributed by atoms with E-state index < -0.39 is 0 Å². The van der Waals surface area contributed by atoms with E-state index in [1.807, 2.05) is 13.8 Å². The van der Waals surface area contributed by atoms with Crippen molar-refractivity contribution in [2.75, 3.05) is 12.3 Å². The van der Waals surface area contributed by atoms with Crippen LogP contribution in [0, 0.1) is 0 Å². The number of thioether (sulfide) groups is 1. The maximum absolute atomic E-state index is 11.1. The van der Waals surface area contributed by atoms with Gasteiger partial charge in [-0.15, -0.1) is 0 Å². The van der Waals surface area contributed by atoms with Gasteiger partial charge in [0.05, 0.1) is 0 Å². The molecule has 0 radical (unpaired) electrons. The number of allylic oxidation sites excluding steroid dienone is 1. The van der Waals surface area contributed by atoms with Crippen LogP contribution < -0.4 is 5.32 Å². The van der Waals surface area contributed by atoms with Gasteiger partial charge in [-0.05, 0) is 19.9 Å². The molecule has 1 N–H and O–H groups in total. The minimum Gasteiger partial charge on any atom is -0.356 e. The molecule has 0 saturated carbocycles. The monoisotopic (exact) mass is 201 g/mol. The zero-order chi connectivity index (χ0) is 10.3. The van der Waals surface area contributed by atoms with Gasteiger partial charge in [0, 0.05) is 19.2 Å². The average molecular weight is 201 g/mol. The minimum atomic E-state index is -0.0599. The normalized spacial score (nSPS) is 9.15. The first-order valence-electron chi connectivity index (χ1n) is 4.08. The number of hydrogen-bond acceptors (Lipinski definition) is 3. The quantitative estimate of drug-likeness (QED) is 0.551. The summed E-state index contributed by atoms with van der Waals surface area (Å²) in [5.41, 5.74) is 0.997. The van der Waals surface area contributed by atoms with Gasteiger partial charge in [0.1, 0.15) is 0 Å². The van der Waals surface area contributed by atoms with Crippen molar-refractivity contribution >= 4 is 22.8 Å². The van der Waals surface area contributed by atoms with Crippen molar-refractivity contribution in [2.24, 2.45) is 0 Å². The maximum Gasteiger partial charge on any atom is 0.216 e. The first-order chi connectivity index (χ1) is 6.02. The third-order valence-electron chi connectivity index (χ3n) is 1.13. The van der Waals surface area contributed by atoms with E-state index in [1.165, 1.54) is 18.7 Å². The molecule has 1 amide bonds. The Bertz CT molecular complexity index is 220. The highest BCUT2D eigenvalue weighted by Gasteiger charge is 1.98. The van der Waals surface area contributed by atoms with Crippen molar-refractivity contribution in [1.82, 2.24) is 5.32 Å². The van der Waals surface area contributed by atoms with Crippen LogP contribution in [-0.2, 0) is 9.59 Å². The fraction of sp³-hybridized carbons (Fsp3) is 0.556. The lowest BCUT2D eigenvalue weighted by Gasteiger charge is -1.99. The number of amides is 1. The van der Waals surface area contributed by atoms with E-state index in [4.69, 9.17) is 0 Å². The maximum atomic E-state index is 11.1. The van der Waals surface area contributed by atoms with Gasteiger partial charge in [-0.3, -0.25) is 9.59 Å². The third-order valence-corrected chi connectivity index (χ3v) is 1.94. The summed E-state index contributed by atoms with van der Waals surface area (Å²) in [4.78, 5) is 21.5. The van der Waals surface area contributed by atoms with Gasteiger partial charge in [0.15, 0.2) is 0 Å². The number of carbonyl (C=O) groups excluding carboxylic acids is 2. The minimum absolute atomic E-state index is 0.0466. The lowest BCUT2D eigenvalue weighted by Crippen LogP contribution is -2.22. The molecule has 0 aromatic heterocycles. The third kappa shape index (κ3) is 9.14. The van der Waals surface area contributed by atoms with Gasteiger partial charge in [-0.2, -0.15) is 0 Å². The van der Waals surface area contributed by atoms with Crippen LogP contribution in [0.4, 0.5) is 0 Å². The molecule has 4 heteroatoms. The lowest BCUT2D eigenvalue weighted by molar-refractivity contribution is -0.118. The molecular weight excluding hydrogens is 186 g/mol. The second-order valence-corrected chi connectivity index (χ2v) is 3.97. The Kier molecular flexibility index (Phi) is 6.32. The number of nitrogens with one attached hydrogen (secondary N) is 1. The summed E-state index contributed by atoms with van der Waals surface area (Å²) < 4.78 is 0. The summed E-state index contributed by atoms with van der Waals surface area (Å²) in [5, 5.41) is 2.67. The van der Waals surface area contributed by atoms with Crippen LogP contribution >= 0.6 is 11.8 Å². The Morgan fingerprint density at radius 2 is 1.92 bits per heavy atom. The highest BCUT2D eigenvalue weighted by molar-refractivity contribution is 8.14. The number of carbonyl (C=O) groups is 2. The summed E-state index contributed by atoms with van der Waals surface area (Å²) in [6.45, 7) is 5.77. The summed E-state index contributed by atoms with van der Waals surface area (Å²) in [5.74, 6) is 0.567. The van der Waals surface area contributed by atoms with Crippen molar-refractivity contribution in [2.45, 2.75) is 20.8 Å². The van der Waals surface area contributed by atoms with Crippen molar-refractivity contribution in [3.63, 3.8) is 0 Å². The van der Waals surface area contributed by atoms with E-state index in [2.05, 4.69) is 5.32 Å². The lowest BCUT2D eigenvalue weighted by atomic mass is 10.3. The predicted octanol–water partition coefficient (Wildman–Crippen LogP) is 1.35. The van der Waals surface area contributed by atoms with Crippen LogP contribution in [-0.4, -0.2) is 23.3 Å². The van der Waals surface area contributed by atoms with E-state index >= 15 is 0 Å². The van der Waals surface area contributed by atoms with Gasteiger partial charge in [-0.25, -0.2) is 0 Å². The highest BCUT2D eigenvalue weighted by atomic mass is 32.2. The Balaban J connectivity index is 3.49. The predicted molar refractivity (Wildman–Crippen MR) is 55.6 cm³/mol. The molecule has 0 aromatic carbocycles. The summed E-state index contributed by atoms with van der Waals surface area (Å²) in [6, 6.07) is 0. The van der Waals surface area contributed by atoms with E-state index in [1.54, 1.807) is 6.08 Å². The van der Waals surface area contributed by atoms with Crippen LogP contribution in [0.15, 0.2) is 11.6 Å². The van der Waals surface area contributed by atoms with Gasteiger partial charge in [0.2, 0.25) is 11.0 Å². The fourth-order valence-electron chi connectivity index (χ4n) is 0.656. The Morgan fingerprint density at radius 3 is 2.38 bits per heavy atom. The molecule has 0 unspecified atom stereocenters. The highest BCUT2D eigenvalue weighted by Crippen LogP contribution is 2.03. The molecule has 0 aliphatic heterocycles. The second kappa shape index (κ2) is 6.71. The van der Waals surface area contributed by atoms with E-state index in [9.17, 15) is 9.59 Å². The Morgan fingerprint density at radius 1 is 1.31 bits per heavy atom. The van der Waals surface area contributed by atoms with Gasteiger partial charge < -0.3 is 5.32 Å². The van der Waals surface area contributed by atoms with Gasteiger partial charge in [-0.1, -0.05) is 17.3 Å². The molecule has 0 aromatic rings. The molecule has 0 aliphatic rings. The molecule has 74 valence electrons. The summed E-state index contributed by atoms with van der Waals surface area (Å²) >= 11 is 1.22. The van der Waals surface area contributed by atoms with Crippen molar-refractivity contribution in [3.8, 4) is 0 Å². The number of hydrogen-bond donors (Lipinski definition) is 1. The molecule has 0 bridgehead atoms. The molecule has 0 fully saturated rings. The van der Waals surface area contributed by atoms with E-state index in [0.717, 1.165) is 5.57 Å². The van der Waals surface area contributed by atoms with Gasteiger partial charge >= 0.3 is 0 Å². The molecule has 0 aliphatic carbocycles. The van der Waals surface area contributed by atoms with Crippen molar-refractivity contribution in [3.05, 3.63) is 11.6 Å². The standard InChI is InChI=1S/C9H15NO2S/c1-7(2)6-9(12)13-5-4-10-8(3)11/h6H,4-5H2,1-3H3,(H,10,11). The smallest absolute Gasteiger partial charge is 0.216 e. The molecule has 3 nitrogen and oxygen atoms in total. The molecular formula is C9H15NO2S.